The molecule has 0 spiro atoms. The number of fused-ring (bicyclic) bond motifs is 4. The maximum atomic E-state index is 11.7. The Morgan fingerprint density at radius 2 is 2.36 bits per heavy atom. The Bertz CT molecular complexity index is 216. The third-order valence-electron chi connectivity index (χ3n) is 3.20. The second kappa shape index (κ2) is 4.28. The van der Waals surface area contributed by atoms with E-state index in [1.165, 1.54) is 6.42 Å². The minimum absolute atomic E-state index is 0.144. The van der Waals surface area contributed by atoms with E-state index in [1.807, 2.05) is 4.90 Å². The molecule has 2 unspecified atom stereocenters. The summed E-state index contributed by atoms with van der Waals surface area (Å²) < 4.78 is 4.89. The summed E-state index contributed by atoms with van der Waals surface area (Å²) in [5.74, 6) is 0.792. The zero-order valence-corrected chi connectivity index (χ0v) is 8.66. The van der Waals surface area contributed by atoms with E-state index in [-0.39, 0.29) is 12.5 Å². The van der Waals surface area contributed by atoms with E-state index >= 15 is 0 Å². The predicted molar refractivity (Wildman–Crippen MR) is 53.0 cm³/mol. The molecule has 0 radical (unpaired) electrons. The highest BCUT2D eigenvalue weighted by molar-refractivity contribution is 5.78. The second-order valence-electron chi connectivity index (χ2n) is 4.23. The quantitative estimate of drug-likeness (QED) is 0.670. The number of hydrogen-bond donors (Lipinski definition) is 1. The molecule has 3 aliphatic rings. The van der Waals surface area contributed by atoms with Gasteiger partial charge in [-0.2, -0.15) is 0 Å². The fraction of sp³-hybridized carbons (Fsp3) is 0.900. The fourth-order valence-electron chi connectivity index (χ4n) is 2.45. The van der Waals surface area contributed by atoms with Crippen molar-refractivity contribution in [3.8, 4) is 0 Å². The van der Waals surface area contributed by atoms with Crippen molar-refractivity contribution in [3.05, 3.63) is 0 Å². The van der Waals surface area contributed by atoms with Crippen molar-refractivity contribution in [1.82, 2.24) is 10.2 Å². The van der Waals surface area contributed by atoms with Crippen molar-refractivity contribution in [1.29, 1.82) is 0 Å². The third-order valence-corrected chi connectivity index (χ3v) is 3.20. The van der Waals surface area contributed by atoms with Gasteiger partial charge in [0.05, 0.1) is 0 Å². The molecule has 2 atom stereocenters. The van der Waals surface area contributed by atoms with Gasteiger partial charge in [-0.3, -0.25) is 4.79 Å². The topological polar surface area (TPSA) is 41.6 Å². The van der Waals surface area contributed by atoms with Crippen LogP contribution in [0.15, 0.2) is 0 Å². The molecule has 2 bridgehead atoms. The molecule has 3 saturated heterocycles. The van der Waals surface area contributed by atoms with E-state index in [4.69, 9.17) is 4.74 Å². The molecular weight excluding hydrogens is 180 g/mol. The highest BCUT2D eigenvalue weighted by Gasteiger charge is 2.33. The smallest absolute Gasteiger partial charge is 0.248 e. The SMILES string of the molecule is COCC(=O)N1CC2CCC1CNC2. The van der Waals surface area contributed by atoms with E-state index in [9.17, 15) is 4.79 Å². The van der Waals surface area contributed by atoms with Crippen LogP contribution in [0.3, 0.4) is 0 Å². The summed E-state index contributed by atoms with van der Waals surface area (Å²) in [6, 6.07) is 0.399. The molecule has 0 aromatic heterocycles. The molecule has 4 heteroatoms. The van der Waals surface area contributed by atoms with Gasteiger partial charge in [-0.15, -0.1) is 0 Å². The predicted octanol–water partition coefficient (Wildman–Crippen LogP) is -0.157. The van der Waals surface area contributed by atoms with E-state index in [1.54, 1.807) is 7.11 Å². The third kappa shape index (κ3) is 1.91. The Morgan fingerprint density at radius 3 is 3.14 bits per heavy atom. The molecule has 80 valence electrons. The molecule has 3 fully saturated rings. The first-order valence-corrected chi connectivity index (χ1v) is 5.30. The lowest BCUT2D eigenvalue weighted by atomic mass is 9.95. The number of rotatable bonds is 2. The van der Waals surface area contributed by atoms with Gasteiger partial charge in [0.2, 0.25) is 5.91 Å². The molecule has 0 aromatic carbocycles. The number of piperidine rings is 1. The van der Waals surface area contributed by atoms with Crippen LogP contribution in [-0.2, 0) is 9.53 Å². The average molecular weight is 198 g/mol. The molecule has 1 amide bonds. The maximum absolute atomic E-state index is 11.7. The Balaban J connectivity index is 2.01. The first-order chi connectivity index (χ1) is 6.81. The molecule has 0 saturated carbocycles. The summed E-state index contributed by atoms with van der Waals surface area (Å²) in [4.78, 5) is 13.7. The Kier molecular flexibility index (Phi) is 3.03. The molecule has 1 N–H and O–H groups in total. The number of methoxy groups -OCH3 is 1. The Hall–Kier alpha value is -0.610. The summed E-state index contributed by atoms with van der Waals surface area (Å²) in [5, 5.41) is 3.40. The van der Waals surface area contributed by atoms with Crippen LogP contribution < -0.4 is 5.32 Å². The highest BCUT2D eigenvalue weighted by atomic mass is 16.5. The van der Waals surface area contributed by atoms with Gasteiger partial charge in [0.1, 0.15) is 6.61 Å². The number of carbonyl (C=O) groups excluding carboxylic acids is 1. The van der Waals surface area contributed by atoms with Crippen LogP contribution in [0.1, 0.15) is 12.8 Å². The number of hydrogen-bond acceptors (Lipinski definition) is 3. The molecule has 3 rings (SSSR count). The van der Waals surface area contributed by atoms with Gasteiger partial charge < -0.3 is 15.0 Å². The lowest BCUT2D eigenvalue weighted by Crippen LogP contribution is -2.48. The lowest BCUT2D eigenvalue weighted by Gasteiger charge is -2.36. The fourth-order valence-corrected chi connectivity index (χ4v) is 2.45. The number of carbonyl (C=O) groups is 1. The van der Waals surface area contributed by atoms with Crippen LogP contribution in [0.5, 0.6) is 0 Å². The number of ether oxygens (including phenoxy) is 1. The summed E-state index contributed by atoms with van der Waals surface area (Å²) in [6.45, 7) is 3.16. The minimum atomic E-state index is 0.144. The van der Waals surface area contributed by atoms with Gasteiger partial charge in [0.15, 0.2) is 0 Å². The second-order valence-corrected chi connectivity index (χ2v) is 4.23. The van der Waals surface area contributed by atoms with Crippen LogP contribution in [0, 0.1) is 5.92 Å². The standard InChI is InChI=1S/C10H18N2O2/c1-14-7-10(13)12-6-8-2-3-9(12)5-11-4-8/h8-9,11H,2-7H2,1H3. The Labute approximate surface area is 84.6 Å². The molecule has 0 aliphatic carbocycles. The molecule has 4 nitrogen and oxygen atoms in total. The van der Waals surface area contributed by atoms with Crippen molar-refractivity contribution in [3.63, 3.8) is 0 Å². The number of nitrogens with zero attached hydrogens (tertiary/aromatic N) is 1. The highest BCUT2D eigenvalue weighted by Crippen LogP contribution is 2.24. The molecule has 3 heterocycles. The normalized spacial score (nSPS) is 31.6. The molecule has 14 heavy (non-hydrogen) atoms. The summed E-state index contributed by atoms with van der Waals surface area (Å²) in [7, 11) is 1.58. The van der Waals surface area contributed by atoms with Crippen molar-refractivity contribution >= 4 is 5.91 Å². The first-order valence-electron chi connectivity index (χ1n) is 5.30. The van der Waals surface area contributed by atoms with E-state index in [0.29, 0.717) is 12.0 Å². The summed E-state index contributed by atoms with van der Waals surface area (Å²) >= 11 is 0. The summed E-state index contributed by atoms with van der Waals surface area (Å²) in [5.41, 5.74) is 0. The van der Waals surface area contributed by atoms with Crippen molar-refractivity contribution in [2.45, 2.75) is 18.9 Å². The molecular formula is C10H18N2O2. The van der Waals surface area contributed by atoms with Crippen LogP contribution in [0.4, 0.5) is 0 Å². The average Bonchev–Trinajstić information content (AvgIpc) is 2.52. The van der Waals surface area contributed by atoms with Gasteiger partial charge in [-0.25, -0.2) is 0 Å². The van der Waals surface area contributed by atoms with E-state index < -0.39 is 0 Å². The van der Waals surface area contributed by atoms with Gasteiger partial charge in [-0.1, -0.05) is 0 Å². The van der Waals surface area contributed by atoms with Crippen molar-refractivity contribution in [2.24, 2.45) is 5.92 Å². The van der Waals surface area contributed by atoms with E-state index in [2.05, 4.69) is 5.32 Å². The van der Waals surface area contributed by atoms with Crippen molar-refractivity contribution < 1.29 is 9.53 Å². The number of amides is 1. The van der Waals surface area contributed by atoms with Crippen molar-refractivity contribution in [2.75, 3.05) is 33.4 Å². The molecule has 3 aliphatic heterocycles. The van der Waals surface area contributed by atoms with Crippen LogP contribution in [0.25, 0.3) is 0 Å². The largest absolute Gasteiger partial charge is 0.375 e. The minimum Gasteiger partial charge on any atom is -0.375 e. The maximum Gasteiger partial charge on any atom is 0.248 e. The van der Waals surface area contributed by atoms with Gasteiger partial charge in [0, 0.05) is 26.2 Å². The monoisotopic (exact) mass is 198 g/mol. The zero-order chi connectivity index (χ0) is 9.97. The summed E-state index contributed by atoms with van der Waals surface area (Å²) in [6.07, 6.45) is 2.40. The van der Waals surface area contributed by atoms with Gasteiger partial charge >= 0.3 is 0 Å². The van der Waals surface area contributed by atoms with Gasteiger partial charge in [0.25, 0.3) is 0 Å². The van der Waals surface area contributed by atoms with E-state index in [0.717, 1.165) is 26.1 Å². The van der Waals surface area contributed by atoms with Gasteiger partial charge in [-0.05, 0) is 25.3 Å². The number of nitrogens with one attached hydrogen (secondary N) is 1. The van der Waals surface area contributed by atoms with Crippen LogP contribution >= 0.6 is 0 Å². The Morgan fingerprint density at radius 1 is 1.50 bits per heavy atom. The van der Waals surface area contributed by atoms with Crippen LogP contribution in [0.2, 0.25) is 0 Å². The first kappa shape index (κ1) is 9.93. The lowest BCUT2D eigenvalue weighted by molar-refractivity contribution is -0.139. The molecule has 0 aromatic rings. The van der Waals surface area contributed by atoms with Crippen LogP contribution in [-0.4, -0.2) is 50.2 Å². The zero-order valence-electron chi connectivity index (χ0n) is 8.66.